The van der Waals surface area contributed by atoms with Crippen LogP contribution in [0.3, 0.4) is 0 Å². The van der Waals surface area contributed by atoms with Crippen molar-refractivity contribution >= 4 is 68.1 Å². The predicted octanol–water partition coefficient (Wildman–Crippen LogP) is 4.48. The smallest absolute Gasteiger partial charge is 0.294 e. The van der Waals surface area contributed by atoms with Gasteiger partial charge in [0.25, 0.3) is 11.1 Å². The van der Waals surface area contributed by atoms with E-state index >= 15 is 0 Å². The van der Waals surface area contributed by atoms with Gasteiger partial charge in [0, 0.05) is 10.2 Å². The average molecular weight is 468 g/mol. The molecule has 0 aliphatic carbocycles. The van der Waals surface area contributed by atoms with Gasteiger partial charge in [-0.25, -0.2) is 0 Å². The summed E-state index contributed by atoms with van der Waals surface area (Å²) in [5.74, 6) is -1.03. The highest BCUT2D eigenvalue weighted by atomic mass is 79.9. The number of rotatable bonds is 4. The third-order valence-corrected chi connectivity index (χ3v) is 5.69. The topological polar surface area (TPSA) is 86.7 Å². The fraction of sp³-hybridized carbons (Fsp3) is 0.0556. The van der Waals surface area contributed by atoms with Gasteiger partial charge >= 0.3 is 0 Å². The zero-order chi connectivity index (χ0) is 19.6. The highest BCUT2D eigenvalue weighted by molar-refractivity contribution is 9.10. The minimum Gasteiger partial charge on any atom is -0.508 e. The molecule has 1 saturated heterocycles. The summed E-state index contributed by atoms with van der Waals surface area (Å²) in [6.07, 6.45) is 1.50. The summed E-state index contributed by atoms with van der Waals surface area (Å²) >= 11 is 9.97. The van der Waals surface area contributed by atoms with Crippen LogP contribution in [-0.4, -0.2) is 33.6 Å². The molecule has 2 aromatic carbocycles. The van der Waals surface area contributed by atoms with E-state index in [0.29, 0.717) is 20.7 Å². The first-order valence-electron chi connectivity index (χ1n) is 7.63. The maximum Gasteiger partial charge on any atom is 0.294 e. The van der Waals surface area contributed by atoms with E-state index in [1.165, 1.54) is 18.2 Å². The number of carbonyl (C=O) groups is 3. The molecular weight excluding hydrogens is 456 g/mol. The summed E-state index contributed by atoms with van der Waals surface area (Å²) in [4.78, 5) is 37.8. The summed E-state index contributed by atoms with van der Waals surface area (Å²) in [5, 5.41) is 12.0. The van der Waals surface area contributed by atoms with Crippen molar-refractivity contribution in [3.63, 3.8) is 0 Å². The number of benzene rings is 2. The van der Waals surface area contributed by atoms with Crippen LogP contribution in [0.2, 0.25) is 5.02 Å². The first-order chi connectivity index (χ1) is 12.8. The number of phenolic OH excluding ortho intramolecular Hbond substituents is 1. The van der Waals surface area contributed by atoms with Gasteiger partial charge in [-0.2, -0.15) is 0 Å². The largest absolute Gasteiger partial charge is 0.508 e. The number of nitrogens with zero attached hydrogens (tertiary/aromatic N) is 1. The van der Waals surface area contributed by atoms with Crippen molar-refractivity contribution in [2.45, 2.75) is 0 Å². The van der Waals surface area contributed by atoms with Crippen molar-refractivity contribution < 1.29 is 19.5 Å². The van der Waals surface area contributed by atoms with Gasteiger partial charge < -0.3 is 10.4 Å². The Morgan fingerprint density at radius 3 is 2.74 bits per heavy atom. The SMILES string of the molecule is O=C(CN1C(=O)S/C(=C/c2cccc(O)c2)C1=O)Nc1ccc(Br)c(Cl)c1. The summed E-state index contributed by atoms with van der Waals surface area (Å²) < 4.78 is 0.685. The number of halogens is 2. The number of phenols is 1. The van der Waals surface area contributed by atoms with Crippen LogP contribution in [-0.2, 0) is 9.59 Å². The van der Waals surface area contributed by atoms with E-state index in [1.807, 2.05) is 0 Å². The van der Waals surface area contributed by atoms with Crippen LogP contribution in [0.4, 0.5) is 10.5 Å². The van der Waals surface area contributed by atoms with Crippen LogP contribution in [0.1, 0.15) is 5.56 Å². The Kier molecular flexibility index (Phi) is 5.88. The Balaban J connectivity index is 1.69. The molecule has 6 nitrogen and oxygen atoms in total. The molecule has 1 fully saturated rings. The number of anilines is 1. The zero-order valence-electron chi connectivity index (χ0n) is 13.6. The van der Waals surface area contributed by atoms with E-state index in [9.17, 15) is 19.5 Å². The Labute approximate surface area is 172 Å². The van der Waals surface area contributed by atoms with E-state index in [2.05, 4.69) is 21.2 Å². The van der Waals surface area contributed by atoms with Crippen molar-refractivity contribution in [2.24, 2.45) is 0 Å². The van der Waals surface area contributed by atoms with Gasteiger partial charge in [-0.1, -0.05) is 23.7 Å². The Bertz CT molecular complexity index is 980. The molecule has 1 heterocycles. The van der Waals surface area contributed by atoms with Crippen LogP contribution in [0.15, 0.2) is 51.8 Å². The number of hydrogen-bond donors (Lipinski definition) is 2. The molecule has 0 aromatic heterocycles. The van der Waals surface area contributed by atoms with Gasteiger partial charge in [0.1, 0.15) is 12.3 Å². The lowest BCUT2D eigenvalue weighted by Crippen LogP contribution is -2.36. The van der Waals surface area contributed by atoms with Crippen LogP contribution in [0.5, 0.6) is 5.75 Å². The lowest BCUT2D eigenvalue weighted by Gasteiger charge is -2.12. The molecular formula is C18H12BrClN2O4S. The Morgan fingerprint density at radius 2 is 2.04 bits per heavy atom. The van der Waals surface area contributed by atoms with Crippen molar-refractivity contribution in [1.29, 1.82) is 0 Å². The minimum atomic E-state index is -0.558. The highest BCUT2D eigenvalue weighted by Crippen LogP contribution is 2.32. The van der Waals surface area contributed by atoms with Crippen LogP contribution < -0.4 is 5.32 Å². The highest BCUT2D eigenvalue weighted by Gasteiger charge is 2.36. The predicted molar refractivity (Wildman–Crippen MR) is 109 cm³/mol. The second kappa shape index (κ2) is 8.16. The third-order valence-electron chi connectivity index (χ3n) is 3.55. The second-order valence-corrected chi connectivity index (χ2v) is 7.79. The lowest BCUT2D eigenvalue weighted by molar-refractivity contribution is -0.127. The molecule has 3 amide bonds. The van der Waals surface area contributed by atoms with E-state index in [-0.39, 0.29) is 10.7 Å². The molecule has 0 bridgehead atoms. The molecule has 0 spiro atoms. The number of aromatic hydroxyl groups is 1. The first kappa shape index (κ1) is 19.5. The Hall–Kier alpha value is -2.29. The number of thioether (sulfide) groups is 1. The van der Waals surface area contributed by atoms with Gasteiger partial charge in [0.05, 0.1) is 9.93 Å². The summed E-state index contributed by atoms with van der Waals surface area (Å²) in [5.41, 5.74) is 1.03. The molecule has 0 unspecified atom stereocenters. The van der Waals surface area contributed by atoms with Gasteiger partial charge in [-0.05, 0) is 69.7 Å². The molecule has 27 heavy (non-hydrogen) atoms. The van der Waals surface area contributed by atoms with Gasteiger partial charge in [-0.15, -0.1) is 0 Å². The molecule has 0 atom stereocenters. The first-order valence-corrected chi connectivity index (χ1v) is 9.61. The lowest BCUT2D eigenvalue weighted by atomic mass is 10.2. The molecule has 138 valence electrons. The maximum absolute atomic E-state index is 12.4. The van der Waals surface area contributed by atoms with Crippen molar-refractivity contribution in [2.75, 3.05) is 11.9 Å². The van der Waals surface area contributed by atoms with Gasteiger partial charge in [0.2, 0.25) is 5.91 Å². The van der Waals surface area contributed by atoms with Gasteiger partial charge in [0.15, 0.2) is 0 Å². The second-order valence-electron chi connectivity index (χ2n) is 5.54. The molecule has 1 aliphatic heterocycles. The quantitative estimate of drug-likeness (QED) is 0.647. The normalized spacial score (nSPS) is 15.5. The zero-order valence-corrected chi connectivity index (χ0v) is 16.8. The van der Waals surface area contributed by atoms with E-state index in [1.54, 1.807) is 30.3 Å². The fourth-order valence-corrected chi connectivity index (χ4v) is 3.59. The molecule has 1 aliphatic rings. The van der Waals surface area contributed by atoms with Crippen molar-refractivity contribution in [3.8, 4) is 5.75 Å². The van der Waals surface area contributed by atoms with Crippen LogP contribution in [0.25, 0.3) is 6.08 Å². The molecule has 9 heteroatoms. The number of carbonyl (C=O) groups excluding carboxylic acids is 3. The monoisotopic (exact) mass is 466 g/mol. The summed E-state index contributed by atoms with van der Waals surface area (Å²) in [7, 11) is 0. The van der Waals surface area contributed by atoms with E-state index in [0.717, 1.165) is 16.7 Å². The summed E-state index contributed by atoms with van der Waals surface area (Å²) in [6.45, 7) is -0.407. The molecule has 0 radical (unpaired) electrons. The fourth-order valence-electron chi connectivity index (χ4n) is 2.32. The average Bonchev–Trinajstić information content (AvgIpc) is 2.86. The summed E-state index contributed by atoms with van der Waals surface area (Å²) in [6, 6.07) is 11.2. The Morgan fingerprint density at radius 1 is 1.26 bits per heavy atom. The van der Waals surface area contributed by atoms with Crippen LogP contribution >= 0.6 is 39.3 Å². The molecule has 0 saturated carbocycles. The molecule has 3 rings (SSSR count). The van der Waals surface area contributed by atoms with Crippen molar-refractivity contribution in [1.82, 2.24) is 4.90 Å². The number of imide groups is 1. The molecule has 2 N–H and O–H groups in total. The molecule has 2 aromatic rings. The number of amides is 3. The maximum atomic E-state index is 12.4. The number of hydrogen-bond acceptors (Lipinski definition) is 5. The van der Waals surface area contributed by atoms with E-state index in [4.69, 9.17) is 11.6 Å². The van der Waals surface area contributed by atoms with Gasteiger partial charge in [-0.3, -0.25) is 19.3 Å². The standard InChI is InChI=1S/C18H12BrClN2O4S/c19-13-5-4-11(8-14(13)20)21-16(24)9-22-17(25)15(27-18(22)26)7-10-2-1-3-12(23)6-10/h1-8,23H,9H2,(H,21,24)/b15-7+. The van der Waals surface area contributed by atoms with E-state index < -0.39 is 23.6 Å². The van der Waals surface area contributed by atoms with Crippen molar-refractivity contribution in [3.05, 3.63) is 62.4 Å². The number of nitrogens with one attached hydrogen (secondary N) is 1. The van der Waals surface area contributed by atoms with Crippen LogP contribution in [0, 0.1) is 0 Å². The third kappa shape index (κ3) is 4.71. The minimum absolute atomic E-state index is 0.0514.